The SMILES string of the molecule is CC1(COC(=O)/C=C/c2ccccc2)COC(=O)OC1. The van der Waals surface area contributed by atoms with Crippen LogP contribution in [0.25, 0.3) is 6.08 Å². The molecule has 0 atom stereocenters. The standard InChI is InChI=1S/C15H16O5/c1-15(10-19-14(17)20-11-15)9-18-13(16)8-7-12-5-3-2-4-6-12/h2-8H,9-11H2,1H3/b8-7+. The van der Waals surface area contributed by atoms with Crippen LogP contribution >= 0.6 is 0 Å². The van der Waals surface area contributed by atoms with Crippen LogP contribution in [0.5, 0.6) is 0 Å². The number of carbonyl (C=O) groups is 2. The van der Waals surface area contributed by atoms with E-state index in [0.29, 0.717) is 0 Å². The van der Waals surface area contributed by atoms with Crippen molar-refractivity contribution in [3.05, 3.63) is 42.0 Å². The van der Waals surface area contributed by atoms with Gasteiger partial charge < -0.3 is 14.2 Å². The molecule has 20 heavy (non-hydrogen) atoms. The average molecular weight is 276 g/mol. The highest BCUT2D eigenvalue weighted by Gasteiger charge is 2.34. The average Bonchev–Trinajstić information content (AvgIpc) is 2.48. The van der Waals surface area contributed by atoms with E-state index in [1.54, 1.807) is 6.08 Å². The van der Waals surface area contributed by atoms with E-state index in [4.69, 9.17) is 14.2 Å². The van der Waals surface area contributed by atoms with Crippen LogP contribution in [0.15, 0.2) is 36.4 Å². The fourth-order valence-corrected chi connectivity index (χ4v) is 1.65. The van der Waals surface area contributed by atoms with Crippen molar-refractivity contribution < 1.29 is 23.8 Å². The van der Waals surface area contributed by atoms with Crippen molar-refractivity contribution in [2.75, 3.05) is 19.8 Å². The third kappa shape index (κ3) is 4.12. The quantitative estimate of drug-likeness (QED) is 0.624. The minimum atomic E-state index is -0.683. The molecule has 0 aliphatic carbocycles. The van der Waals surface area contributed by atoms with E-state index >= 15 is 0 Å². The fraction of sp³-hybridized carbons (Fsp3) is 0.333. The zero-order chi connectivity index (χ0) is 14.4. The molecule has 1 fully saturated rings. The van der Waals surface area contributed by atoms with Crippen molar-refractivity contribution in [3.8, 4) is 0 Å². The number of benzene rings is 1. The highest BCUT2D eigenvalue weighted by molar-refractivity contribution is 5.87. The molecule has 0 amide bonds. The van der Waals surface area contributed by atoms with Crippen molar-refractivity contribution in [2.45, 2.75) is 6.92 Å². The molecule has 0 unspecified atom stereocenters. The predicted molar refractivity (Wildman–Crippen MR) is 71.8 cm³/mol. The summed E-state index contributed by atoms with van der Waals surface area (Å²) in [5.74, 6) is -0.438. The Bertz CT molecular complexity index is 496. The minimum absolute atomic E-state index is 0.137. The zero-order valence-electron chi connectivity index (χ0n) is 11.2. The maximum absolute atomic E-state index is 11.6. The van der Waals surface area contributed by atoms with Gasteiger partial charge in [-0.15, -0.1) is 0 Å². The first kappa shape index (κ1) is 14.1. The molecule has 0 bridgehead atoms. The molecule has 0 saturated carbocycles. The van der Waals surface area contributed by atoms with Crippen LogP contribution in [0.4, 0.5) is 4.79 Å². The van der Waals surface area contributed by atoms with Crippen LogP contribution in [0.1, 0.15) is 12.5 Å². The Morgan fingerprint density at radius 2 is 1.95 bits per heavy atom. The number of rotatable bonds is 4. The molecule has 1 aromatic rings. The van der Waals surface area contributed by atoms with Crippen LogP contribution in [-0.2, 0) is 19.0 Å². The molecule has 2 rings (SSSR count). The molecule has 0 spiro atoms. The van der Waals surface area contributed by atoms with Crippen LogP contribution in [0.3, 0.4) is 0 Å². The second kappa shape index (κ2) is 6.23. The van der Waals surface area contributed by atoms with Gasteiger partial charge in [0, 0.05) is 6.08 Å². The molecule has 0 radical (unpaired) electrons. The van der Waals surface area contributed by atoms with Crippen LogP contribution in [0.2, 0.25) is 0 Å². The molecule has 1 heterocycles. The largest absolute Gasteiger partial charge is 0.508 e. The van der Waals surface area contributed by atoms with E-state index < -0.39 is 17.5 Å². The molecule has 0 aromatic heterocycles. The van der Waals surface area contributed by atoms with Crippen molar-refractivity contribution in [1.29, 1.82) is 0 Å². The molecule has 5 nitrogen and oxygen atoms in total. The van der Waals surface area contributed by atoms with Crippen molar-refractivity contribution in [3.63, 3.8) is 0 Å². The summed E-state index contributed by atoms with van der Waals surface area (Å²) in [6.07, 6.45) is 2.37. The number of hydrogen-bond acceptors (Lipinski definition) is 5. The smallest absolute Gasteiger partial charge is 0.462 e. The summed E-state index contributed by atoms with van der Waals surface area (Å²) in [7, 11) is 0. The fourth-order valence-electron chi connectivity index (χ4n) is 1.65. The molecule has 106 valence electrons. The summed E-state index contributed by atoms with van der Waals surface area (Å²) in [6.45, 7) is 2.33. The number of carbonyl (C=O) groups excluding carboxylic acids is 2. The molecule has 1 saturated heterocycles. The molecule has 0 N–H and O–H groups in total. The van der Waals surface area contributed by atoms with Crippen LogP contribution in [-0.4, -0.2) is 31.9 Å². The summed E-state index contributed by atoms with van der Waals surface area (Å²) >= 11 is 0. The zero-order valence-corrected chi connectivity index (χ0v) is 11.2. The lowest BCUT2D eigenvalue weighted by Crippen LogP contribution is -2.40. The van der Waals surface area contributed by atoms with Gasteiger partial charge in [0.05, 0.1) is 5.41 Å². The van der Waals surface area contributed by atoms with E-state index in [2.05, 4.69) is 0 Å². The Hall–Kier alpha value is -2.30. The van der Waals surface area contributed by atoms with E-state index in [1.165, 1.54) is 6.08 Å². The lowest BCUT2D eigenvalue weighted by Gasteiger charge is -2.31. The summed E-state index contributed by atoms with van der Waals surface area (Å²) in [4.78, 5) is 22.4. The lowest BCUT2D eigenvalue weighted by atomic mass is 9.94. The predicted octanol–water partition coefficient (Wildman–Crippen LogP) is 2.42. The van der Waals surface area contributed by atoms with Gasteiger partial charge in [-0.25, -0.2) is 9.59 Å². The lowest BCUT2D eigenvalue weighted by molar-refractivity contribution is -0.146. The minimum Gasteiger partial charge on any atom is -0.462 e. The van der Waals surface area contributed by atoms with Gasteiger partial charge in [0.25, 0.3) is 0 Å². The maximum Gasteiger partial charge on any atom is 0.508 e. The van der Waals surface area contributed by atoms with Crippen LogP contribution in [0, 0.1) is 5.41 Å². The Kier molecular flexibility index (Phi) is 4.40. The van der Waals surface area contributed by atoms with Crippen molar-refractivity contribution >= 4 is 18.2 Å². The van der Waals surface area contributed by atoms with Crippen LogP contribution < -0.4 is 0 Å². The highest BCUT2D eigenvalue weighted by atomic mass is 16.7. The maximum atomic E-state index is 11.6. The first-order valence-corrected chi connectivity index (χ1v) is 6.27. The molecule has 1 aliphatic heterocycles. The number of cyclic esters (lactones) is 2. The van der Waals surface area contributed by atoms with Gasteiger partial charge in [0.15, 0.2) is 0 Å². The number of hydrogen-bond donors (Lipinski definition) is 0. The summed E-state index contributed by atoms with van der Waals surface area (Å²) in [6, 6.07) is 9.46. The van der Waals surface area contributed by atoms with E-state index in [-0.39, 0.29) is 19.8 Å². The third-order valence-electron chi connectivity index (χ3n) is 2.85. The summed E-state index contributed by atoms with van der Waals surface area (Å²) < 4.78 is 14.7. The van der Waals surface area contributed by atoms with Gasteiger partial charge in [-0.05, 0) is 18.6 Å². The monoisotopic (exact) mass is 276 g/mol. The van der Waals surface area contributed by atoms with E-state index in [0.717, 1.165) is 5.56 Å². The summed E-state index contributed by atoms with van der Waals surface area (Å²) in [5.41, 5.74) is 0.426. The molecule has 1 aliphatic rings. The number of ether oxygens (including phenoxy) is 3. The van der Waals surface area contributed by atoms with Gasteiger partial charge in [-0.1, -0.05) is 30.3 Å². The summed E-state index contributed by atoms with van der Waals surface area (Å²) in [5, 5.41) is 0. The van der Waals surface area contributed by atoms with Gasteiger partial charge in [-0.2, -0.15) is 0 Å². The van der Waals surface area contributed by atoms with Crippen molar-refractivity contribution in [2.24, 2.45) is 5.41 Å². The third-order valence-corrected chi connectivity index (χ3v) is 2.85. The van der Waals surface area contributed by atoms with Crippen molar-refractivity contribution in [1.82, 2.24) is 0 Å². The highest BCUT2D eigenvalue weighted by Crippen LogP contribution is 2.22. The van der Waals surface area contributed by atoms with E-state index in [9.17, 15) is 9.59 Å². The Morgan fingerprint density at radius 1 is 1.30 bits per heavy atom. The topological polar surface area (TPSA) is 61.8 Å². The van der Waals surface area contributed by atoms with Gasteiger partial charge in [0.1, 0.15) is 19.8 Å². The Labute approximate surface area is 117 Å². The molecular formula is C15H16O5. The Morgan fingerprint density at radius 3 is 2.60 bits per heavy atom. The second-order valence-electron chi connectivity index (χ2n) is 4.99. The molecular weight excluding hydrogens is 260 g/mol. The number of esters is 1. The second-order valence-corrected chi connectivity index (χ2v) is 4.99. The van der Waals surface area contributed by atoms with Gasteiger partial charge in [0.2, 0.25) is 0 Å². The normalized spacial score (nSPS) is 17.4. The van der Waals surface area contributed by atoms with E-state index in [1.807, 2.05) is 37.3 Å². The van der Waals surface area contributed by atoms with Gasteiger partial charge in [-0.3, -0.25) is 0 Å². The Balaban J connectivity index is 1.80. The first-order valence-electron chi connectivity index (χ1n) is 6.27. The van der Waals surface area contributed by atoms with Gasteiger partial charge >= 0.3 is 12.1 Å². The molecule has 5 heteroatoms. The molecule has 1 aromatic carbocycles. The first-order chi connectivity index (χ1) is 9.57.